The quantitative estimate of drug-likeness (QED) is 0.659. The molecule has 2 heterocycles. The van der Waals surface area contributed by atoms with E-state index >= 15 is 0 Å². The minimum absolute atomic E-state index is 0.0610. The van der Waals surface area contributed by atoms with Crippen LogP contribution in [0.3, 0.4) is 0 Å². The van der Waals surface area contributed by atoms with Crippen molar-refractivity contribution in [3.63, 3.8) is 0 Å². The van der Waals surface area contributed by atoms with Gasteiger partial charge in [0, 0.05) is 11.9 Å². The first kappa shape index (κ1) is 20.3. The average molecular weight is 433 g/mol. The zero-order chi connectivity index (χ0) is 22.2. The summed E-state index contributed by atoms with van der Waals surface area (Å²) in [6.07, 6.45) is -3.55. The average Bonchev–Trinajstić information content (AvgIpc) is 3.18. The van der Waals surface area contributed by atoms with Gasteiger partial charge in [-0.15, -0.1) is 0 Å². The van der Waals surface area contributed by atoms with Crippen LogP contribution in [-0.2, 0) is 12.7 Å². The first-order valence-corrected chi connectivity index (χ1v) is 8.92. The first-order valence-electron chi connectivity index (χ1n) is 8.92. The summed E-state index contributed by atoms with van der Waals surface area (Å²) in [6.45, 7) is -0.0644. The minimum atomic E-state index is -4.51. The lowest BCUT2D eigenvalue weighted by Crippen LogP contribution is -2.39. The molecule has 3 aromatic rings. The van der Waals surface area contributed by atoms with Crippen LogP contribution in [0.2, 0.25) is 0 Å². The fraction of sp³-hybridized carbons (Fsp3) is 0.150. The third-order valence-corrected chi connectivity index (χ3v) is 4.55. The Hall–Kier alpha value is -4.02. The normalized spacial score (nSPS) is 12.6. The molecule has 1 aliphatic heterocycles. The van der Waals surface area contributed by atoms with Crippen molar-refractivity contribution in [3.8, 4) is 11.5 Å². The molecule has 0 spiro atoms. The van der Waals surface area contributed by atoms with Crippen molar-refractivity contribution in [1.29, 1.82) is 0 Å². The highest BCUT2D eigenvalue weighted by atomic mass is 19.4. The highest BCUT2D eigenvalue weighted by Crippen LogP contribution is 2.32. The Labute approximate surface area is 171 Å². The maximum atomic E-state index is 12.7. The van der Waals surface area contributed by atoms with Crippen LogP contribution in [0.1, 0.15) is 21.5 Å². The molecule has 0 saturated carbocycles. The van der Waals surface area contributed by atoms with E-state index in [2.05, 4.69) is 10.3 Å². The van der Waals surface area contributed by atoms with Gasteiger partial charge in [0.25, 0.3) is 11.5 Å². The van der Waals surface area contributed by atoms with Crippen molar-refractivity contribution in [2.45, 2.75) is 12.7 Å². The highest BCUT2D eigenvalue weighted by molar-refractivity contribution is 6.03. The van der Waals surface area contributed by atoms with E-state index in [9.17, 15) is 27.6 Å². The van der Waals surface area contributed by atoms with Gasteiger partial charge in [-0.25, -0.2) is 4.79 Å². The Bertz CT molecular complexity index is 1260. The number of rotatable bonds is 4. The van der Waals surface area contributed by atoms with E-state index in [1.165, 1.54) is 0 Å². The molecule has 1 amide bonds. The maximum absolute atomic E-state index is 12.7. The lowest BCUT2D eigenvalue weighted by Gasteiger charge is -2.10. The zero-order valence-electron chi connectivity index (χ0n) is 15.7. The van der Waals surface area contributed by atoms with Gasteiger partial charge in [0.15, 0.2) is 11.5 Å². The lowest BCUT2D eigenvalue weighted by atomic mass is 10.2. The molecule has 8 nitrogen and oxygen atoms in total. The number of aromatic nitrogens is 2. The van der Waals surface area contributed by atoms with Gasteiger partial charge in [0.1, 0.15) is 5.56 Å². The second kappa shape index (κ2) is 7.67. The van der Waals surface area contributed by atoms with Crippen molar-refractivity contribution < 1.29 is 27.4 Å². The number of hydrogen-bond donors (Lipinski definition) is 2. The summed E-state index contributed by atoms with van der Waals surface area (Å²) in [4.78, 5) is 39.7. The number of alkyl halides is 3. The summed E-state index contributed by atoms with van der Waals surface area (Å²) in [7, 11) is 0. The fourth-order valence-electron chi connectivity index (χ4n) is 2.98. The summed E-state index contributed by atoms with van der Waals surface area (Å²) in [6, 6.07) is 8.64. The van der Waals surface area contributed by atoms with Crippen LogP contribution in [0.15, 0.2) is 58.3 Å². The summed E-state index contributed by atoms with van der Waals surface area (Å²) >= 11 is 0. The number of fused-ring (bicyclic) bond motifs is 1. The zero-order valence-corrected chi connectivity index (χ0v) is 15.7. The first-order chi connectivity index (χ1) is 14.7. The highest BCUT2D eigenvalue weighted by Gasteiger charge is 2.30. The third kappa shape index (κ3) is 4.15. The summed E-state index contributed by atoms with van der Waals surface area (Å²) in [5.41, 5.74) is -2.21. The number of halogens is 3. The second-order valence-electron chi connectivity index (χ2n) is 6.62. The Morgan fingerprint density at radius 2 is 1.77 bits per heavy atom. The van der Waals surface area contributed by atoms with Crippen LogP contribution in [0.25, 0.3) is 0 Å². The van der Waals surface area contributed by atoms with Gasteiger partial charge < -0.3 is 19.8 Å². The smallest absolute Gasteiger partial charge is 0.416 e. The predicted molar refractivity (Wildman–Crippen MR) is 102 cm³/mol. The number of nitrogens with one attached hydrogen (secondary N) is 2. The van der Waals surface area contributed by atoms with Crippen molar-refractivity contribution in [3.05, 3.63) is 86.2 Å². The number of carbonyl (C=O) groups excluding carboxylic acids is 1. The topological polar surface area (TPSA) is 102 Å². The van der Waals surface area contributed by atoms with Crippen LogP contribution < -0.4 is 26.0 Å². The predicted octanol–water partition coefficient (Wildman–Crippen LogP) is 2.58. The van der Waals surface area contributed by atoms with Gasteiger partial charge in [-0.2, -0.15) is 13.2 Å². The molecular weight excluding hydrogens is 419 g/mol. The van der Waals surface area contributed by atoms with E-state index in [1.807, 2.05) is 0 Å². The van der Waals surface area contributed by atoms with Crippen molar-refractivity contribution in [1.82, 2.24) is 9.55 Å². The van der Waals surface area contributed by atoms with Gasteiger partial charge >= 0.3 is 11.9 Å². The molecule has 0 radical (unpaired) electrons. The molecule has 0 unspecified atom stereocenters. The largest absolute Gasteiger partial charge is 0.454 e. The molecule has 0 atom stereocenters. The summed E-state index contributed by atoms with van der Waals surface area (Å²) in [5, 5.41) is 2.34. The number of benzene rings is 2. The van der Waals surface area contributed by atoms with Crippen molar-refractivity contribution >= 4 is 11.6 Å². The van der Waals surface area contributed by atoms with Crippen molar-refractivity contribution in [2.24, 2.45) is 0 Å². The Morgan fingerprint density at radius 3 is 2.48 bits per heavy atom. The molecule has 11 heteroatoms. The van der Waals surface area contributed by atoms with Crippen LogP contribution in [0.5, 0.6) is 11.5 Å². The van der Waals surface area contributed by atoms with Crippen LogP contribution in [0.4, 0.5) is 18.9 Å². The fourth-order valence-corrected chi connectivity index (χ4v) is 2.98. The molecule has 4 rings (SSSR count). The van der Waals surface area contributed by atoms with Crippen LogP contribution in [0, 0.1) is 0 Å². The van der Waals surface area contributed by atoms with E-state index in [0.717, 1.165) is 35.0 Å². The monoisotopic (exact) mass is 433 g/mol. The standard InChI is InChI=1S/C20H14F3N3O5/c21-20(22,23)12-2-4-13(5-3-12)25-17(27)14-8-24-19(29)26(18(14)28)9-11-1-6-15-16(7-11)31-10-30-15/h1-8H,9-10H2,(H,24,29)(H,25,27). The van der Waals surface area contributed by atoms with Gasteiger partial charge in [0.2, 0.25) is 6.79 Å². The van der Waals surface area contributed by atoms with E-state index < -0.39 is 28.9 Å². The lowest BCUT2D eigenvalue weighted by molar-refractivity contribution is -0.137. The molecule has 2 N–H and O–H groups in total. The van der Waals surface area contributed by atoms with E-state index in [0.29, 0.717) is 17.1 Å². The number of aromatic amines is 1. The Kier molecular flexibility index (Phi) is 5.01. The van der Waals surface area contributed by atoms with Gasteiger partial charge in [-0.3, -0.25) is 14.2 Å². The molecular formula is C20H14F3N3O5. The number of ether oxygens (including phenoxy) is 2. The number of amides is 1. The van der Waals surface area contributed by atoms with Gasteiger partial charge in [-0.1, -0.05) is 6.07 Å². The molecule has 0 bridgehead atoms. The molecule has 1 aliphatic rings. The summed E-state index contributed by atoms with van der Waals surface area (Å²) in [5.74, 6) is 0.133. The Morgan fingerprint density at radius 1 is 1.06 bits per heavy atom. The number of anilines is 1. The van der Waals surface area contributed by atoms with E-state index in [1.54, 1.807) is 18.2 Å². The second-order valence-corrected chi connectivity index (χ2v) is 6.62. The maximum Gasteiger partial charge on any atom is 0.416 e. The van der Waals surface area contributed by atoms with Gasteiger partial charge in [0.05, 0.1) is 12.1 Å². The van der Waals surface area contributed by atoms with Crippen molar-refractivity contribution in [2.75, 3.05) is 12.1 Å². The van der Waals surface area contributed by atoms with Crippen LogP contribution >= 0.6 is 0 Å². The molecule has 0 saturated heterocycles. The minimum Gasteiger partial charge on any atom is -0.454 e. The number of H-pyrrole nitrogens is 1. The molecule has 31 heavy (non-hydrogen) atoms. The number of carbonyl (C=O) groups is 1. The molecule has 0 fully saturated rings. The molecule has 160 valence electrons. The molecule has 1 aromatic heterocycles. The molecule has 0 aliphatic carbocycles. The SMILES string of the molecule is O=C(Nc1ccc(C(F)(F)F)cc1)c1c[nH]c(=O)n(Cc2ccc3c(c2)OCO3)c1=O. The molecule has 2 aromatic carbocycles. The Balaban J connectivity index is 1.57. The van der Waals surface area contributed by atoms with E-state index in [4.69, 9.17) is 9.47 Å². The summed E-state index contributed by atoms with van der Waals surface area (Å²) < 4.78 is 49.3. The third-order valence-electron chi connectivity index (χ3n) is 4.55. The number of hydrogen-bond acceptors (Lipinski definition) is 5. The van der Waals surface area contributed by atoms with Gasteiger partial charge in [-0.05, 0) is 42.0 Å². The van der Waals surface area contributed by atoms with Crippen LogP contribution in [-0.4, -0.2) is 22.3 Å². The van der Waals surface area contributed by atoms with E-state index in [-0.39, 0.29) is 24.6 Å². The number of nitrogens with zero attached hydrogens (tertiary/aromatic N) is 1.